The first-order chi connectivity index (χ1) is 11.9. The van der Waals surface area contributed by atoms with Gasteiger partial charge in [-0.1, -0.05) is 0 Å². The second-order valence-corrected chi connectivity index (χ2v) is 5.72. The third-order valence-corrected chi connectivity index (χ3v) is 3.84. The lowest BCUT2D eigenvalue weighted by atomic mass is 10.2. The number of anilines is 1. The monoisotopic (exact) mass is 416 g/mol. The molecule has 0 aromatic carbocycles. The summed E-state index contributed by atoms with van der Waals surface area (Å²) in [6, 6.07) is 2.14. The molecule has 0 spiro atoms. The molecule has 7 nitrogen and oxygen atoms in total. The zero-order chi connectivity index (χ0) is 18.0. The van der Waals surface area contributed by atoms with Gasteiger partial charge in [0.05, 0.1) is 11.9 Å². The molecule has 0 bridgehead atoms. The molecule has 0 unspecified atom stereocenters. The third-order valence-electron chi connectivity index (χ3n) is 3.29. The van der Waals surface area contributed by atoms with Crippen LogP contribution in [0.3, 0.4) is 0 Å². The molecule has 3 heterocycles. The second-order valence-electron chi connectivity index (χ2n) is 4.96. The Balaban J connectivity index is 1.67. The van der Waals surface area contributed by atoms with Crippen molar-refractivity contribution in [1.82, 2.24) is 24.7 Å². The Kier molecular flexibility index (Phi) is 4.75. The summed E-state index contributed by atoms with van der Waals surface area (Å²) in [4.78, 5) is 11.9. The maximum absolute atomic E-state index is 12.9. The fourth-order valence-corrected chi connectivity index (χ4v) is 2.82. The molecule has 0 aliphatic heterocycles. The molecule has 0 saturated carbocycles. The van der Waals surface area contributed by atoms with Gasteiger partial charge in [0.15, 0.2) is 5.65 Å². The number of aromatic nitrogens is 5. The smallest absolute Gasteiger partial charge is 0.421 e. The van der Waals surface area contributed by atoms with Crippen LogP contribution in [-0.2, 0) is 13.2 Å². The van der Waals surface area contributed by atoms with Gasteiger partial charge in [-0.25, -0.2) is 19.6 Å². The van der Waals surface area contributed by atoms with Gasteiger partial charge in [-0.15, -0.1) is 0 Å². The van der Waals surface area contributed by atoms with E-state index in [1.807, 2.05) is 0 Å². The highest BCUT2D eigenvalue weighted by Crippen LogP contribution is 2.34. The molecule has 0 atom stereocenters. The van der Waals surface area contributed by atoms with E-state index < -0.39 is 17.6 Å². The second kappa shape index (κ2) is 6.82. The Labute approximate surface area is 148 Å². The van der Waals surface area contributed by atoms with E-state index in [1.54, 1.807) is 11.7 Å². The summed E-state index contributed by atoms with van der Waals surface area (Å²) in [6.45, 7) is 0.199. The molecular weight excluding hydrogens is 405 g/mol. The van der Waals surface area contributed by atoms with Gasteiger partial charge < -0.3 is 10.1 Å². The molecule has 0 aliphatic rings. The van der Waals surface area contributed by atoms with Gasteiger partial charge in [0.2, 0.25) is 5.88 Å². The minimum absolute atomic E-state index is 0.0243. The first-order valence-electron chi connectivity index (χ1n) is 7.10. The maximum atomic E-state index is 12.9. The zero-order valence-corrected chi connectivity index (χ0v) is 14.5. The van der Waals surface area contributed by atoms with E-state index in [0.29, 0.717) is 21.5 Å². The SMILES string of the molecule is Cn1nc(Br)c2c(NCCOc3ncccc3C(F)(F)F)ncnc21. The van der Waals surface area contributed by atoms with Crippen LogP contribution in [0.5, 0.6) is 5.88 Å². The van der Waals surface area contributed by atoms with Crippen LogP contribution in [-0.4, -0.2) is 37.9 Å². The Bertz CT molecular complexity index is 898. The maximum Gasteiger partial charge on any atom is 0.421 e. The number of hydrogen-bond donors (Lipinski definition) is 1. The zero-order valence-electron chi connectivity index (χ0n) is 12.9. The van der Waals surface area contributed by atoms with Gasteiger partial charge >= 0.3 is 6.18 Å². The van der Waals surface area contributed by atoms with Crippen LogP contribution in [0.4, 0.5) is 19.0 Å². The number of rotatable bonds is 5. The molecule has 3 aromatic heterocycles. The standard InChI is InChI=1S/C14H12BrF3N6O/c1-24-12-9(10(15)23-24)11(21-7-22-12)19-5-6-25-13-8(14(16,17)18)3-2-4-20-13/h2-4,7H,5-6H2,1H3,(H,19,21,22). The largest absolute Gasteiger partial charge is 0.475 e. The summed E-state index contributed by atoms with van der Waals surface area (Å²) >= 11 is 3.33. The van der Waals surface area contributed by atoms with E-state index in [4.69, 9.17) is 4.74 Å². The molecule has 3 rings (SSSR count). The number of nitrogens with zero attached hydrogens (tertiary/aromatic N) is 5. The first-order valence-corrected chi connectivity index (χ1v) is 7.89. The lowest BCUT2D eigenvalue weighted by Gasteiger charge is -2.13. The minimum atomic E-state index is -4.52. The summed E-state index contributed by atoms with van der Waals surface area (Å²) in [6.07, 6.45) is -1.89. The molecule has 0 fully saturated rings. The average Bonchev–Trinajstić information content (AvgIpc) is 2.86. The summed E-state index contributed by atoms with van der Waals surface area (Å²) in [5.74, 6) is 0.0535. The van der Waals surface area contributed by atoms with Crippen molar-refractivity contribution < 1.29 is 17.9 Å². The van der Waals surface area contributed by atoms with Gasteiger partial charge in [-0.2, -0.15) is 18.3 Å². The number of halogens is 4. The molecule has 0 amide bonds. The molecule has 0 saturated heterocycles. The molecule has 3 aromatic rings. The van der Waals surface area contributed by atoms with E-state index in [0.717, 1.165) is 6.07 Å². The van der Waals surface area contributed by atoms with Crippen molar-refractivity contribution in [3.05, 3.63) is 34.8 Å². The normalized spacial score (nSPS) is 11.7. The van der Waals surface area contributed by atoms with Crippen LogP contribution in [0.2, 0.25) is 0 Å². The lowest BCUT2D eigenvalue weighted by molar-refractivity contribution is -0.139. The number of ether oxygens (including phenoxy) is 1. The fourth-order valence-electron chi connectivity index (χ4n) is 2.21. The van der Waals surface area contributed by atoms with Crippen LogP contribution in [0.25, 0.3) is 11.0 Å². The average molecular weight is 417 g/mol. The van der Waals surface area contributed by atoms with Gasteiger partial charge in [0.1, 0.15) is 28.9 Å². The van der Waals surface area contributed by atoms with Gasteiger partial charge in [-0.3, -0.25) is 0 Å². The fraction of sp³-hybridized carbons (Fsp3) is 0.286. The Morgan fingerprint density at radius 2 is 2.08 bits per heavy atom. The summed E-state index contributed by atoms with van der Waals surface area (Å²) in [5, 5.41) is 7.87. The van der Waals surface area contributed by atoms with Gasteiger partial charge in [-0.05, 0) is 28.1 Å². The predicted molar refractivity (Wildman–Crippen MR) is 87.2 cm³/mol. The summed E-state index contributed by atoms with van der Waals surface area (Å²) in [7, 11) is 1.74. The van der Waals surface area contributed by atoms with E-state index in [2.05, 4.69) is 41.3 Å². The van der Waals surface area contributed by atoms with Crippen molar-refractivity contribution in [2.75, 3.05) is 18.5 Å². The quantitative estimate of drug-likeness (QED) is 0.644. The number of hydrogen-bond acceptors (Lipinski definition) is 6. The van der Waals surface area contributed by atoms with E-state index >= 15 is 0 Å². The Hall–Kier alpha value is -2.43. The number of alkyl halides is 3. The molecule has 11 heteroatoms. The molecule has 132 valence electrons. The van der Waals surface area contributed by atoms with Gasteiger partial charge in [0, 0.05) is 13.2 Å². The third kappa shape index (κ3) is 3.65. The highest BCUT2D eigenvalue weighted by atomic mass is 79.9. The van der Waals surface area contributed by atoms with Crippen LogP contribution >= 0.6 is 15.9 Å². The van der Waals surface area contributed by atoms with Crippen molar-refractivity contribution in [1.29, 1.82) is 0 Å². The minimum Gasteiger partial charge on any atom is -0.475 e. The van der Waals surface area contributed by atoms with E-state index in [1.165, 1.54) is 18.6 Å². The van der Waals surface area contributed by atoms with Gasteiger partial charge in [0.25, 0.3) is 0 Å². The Morgan fingerprint density at radius 3 is 2.84 bits per heavy atom. The summed E-state index contributed by atoms with van der Waals surface area (Å²) < 4.78 is 46.0. The number of pyridine rings is 1. The molecular formula is C14H12BrF3N6O. The predicted octanol–water partition coefficient (Wildman–Crippen LogP) is 3.03. The number of fused-ring (bicyclic) bond motifs is 1. The molecule has 25 heavy (non-hydrogen) atoms. The summed E-state index contributed by atoms with van der Waals surface area (Å²) in [5.41, 5.74) is -0.288. The first kappa shape index (κ1) is 17.4. The van der Waals surface area contributed by atoms with Crippen molar-refractivity contribution in [2.24, 2.45) is 7.05 Å². The van der Waals surface area contributed by atoms with Crippen LogP contribution in [0.15, 0.2) is 29.3 Å². The van der Waals surface area contributed by atoms with Crippen molar-refractivity contribution in [3.63, 3.8) is 0 Å². The van der Waals surface area contributed by atoms with E-state index in [9.17, 15) is 13.2 Å². The molecule has 1 N–H and O–H groups in total. The lowest BCUT2D eigenvalue weighted by Crippen LogP contribution is -2.16. The highest BCUT2D eigenvalue weighted by Gasteiger charge is 2.34. The topological polar surface area (TPSA) is 77.8 Å². The van der Waals surface area contributed by atoms with Crippen LogP contribution in [0.1, 0.15) is 5.56 Å². The Morgan fingerprint density at radius 1 is 1.28 bits per heavy atom. The number of nitrogens with one attached hydrogen (secondary N) is 1. The molecule has 0 aliphatic carbocycles. The van der Waals surface area contributed by atoms with Crippen LogP contribution in [0, 0.1) is 0 Å². The van der Waals surface area contributed by atoms with Crippen molar-refractivity contribution in [2.45, 2.75) is 6.18 Å². The van der Waals surface area contributed by atoms with Crippen molar-refractivity contribution >= 4 is 32.8 Å². The molecule has 0 radical (unpaired) electrons. The van der Waals surface area contributed by atoms with E-state index in [-0.39, 0.29) is 13.2 Å². The van der Waals surface area contributed by atoms with Crippen LogP contribution < -0.4 is 10.1 Å². The van der Waals surface area contributed by atoms with Crippen molar-refractivity contribution in [3.8, 4) is 5.88 Å². The number of aryl methyl sites for hydroxylation is 1. The highest BCUT2D eigenvalue weighted by molar-refractivity contribution is 9.10.